The van der Waals surface area contributed by atoms with Crippen LogP contribution >= 0.6 is 12.4 Å². The van der Waals surface area contributed by atoms with Crippen molar-refractivity contribution in [3.63, 3.8) is 0 Å². The van der Waals surface area contributed by atoms with Gasteiger partial charge in [-0.1, -0.05) is 30.3 Å². The molecule has 0 atom stereocenters. The van der Waals surface area contributed by atoms with Crippen LogP contribution in [0.25, 0.3) is 0 Å². The number of halogens is 1. The van der Waals surface area contributed by atoms with Gasteiger partial charge in [-0.05, 0) is 17.7 Å². The SMILES string of the molecule is Cl.Oc1c(CN2CCOCC2)cc(OCc2ccccc2)cc1CN1CCOCC1. The number of phenols is 1. The first-order valence-corrected chi connectivity index (χ1v) is 10.4. The summed E-state index contributed by atoms with van der Waals surface area (Å²) in [5, 5.41) is 11.0. The average molecular weight is 435 g/mol. The summed E-state index contributed by atoms with van der Waals surface area (Å²) < 4.78 is 17.0. The second-order valence-electron chi connectivity index (χ2n) is 7.64. The van der Waals surface area contributed by atoms with Crippen LogP contribution in [-0.4, -0.2) is 67.5 Å². The minimum Gasteiger partial charge on any atom is -0.507 e. The van der Waals surface area contributed by atoms with E-state index in [0.29, 0.717) is 25.4 Å². The predicted molar refractivity (Wildman–Crippen MR) is 118 cm³/mol. The highest BCUT2D eigenvalue weighted by molar-refractivity contribution is 5.85. The number of hydrogen-bond donors (Lipinski definition) is 1. The number of hydrogen-bond acceptors (Lipinski definition) is 6. The lowest BCUT2D eigenvalue weighted by Crippen LogP contribution is -2.36. The largest absolute Gasteiger partial charge is 0.507 e. The minimum atomic E-state index is 0. The standard InChI is InChI=1S/C23H30N2O4.ClH/c26-23-20(16-24-6-10-27-11-7-24)14-22(29-18-19-4-2-1-3-5-19)15-21(23)17-25-8-12-28-13-9-25;/h1-5,14-15,26H,6-13,16-18H2;1H. The van der Waals surface area contributed by atoms with Gasteiger partial charge in [-0.25, -0.2) is 0 Å². The van der Waals surface area contributed by atoms with Gasteiger partial charge in [-0.15, -0.1) is 12.4 Å². The molecule has 2 heterocycles. The third-order valence-corrected chi connectivity index (χ3v) is 5.48. The monoisotopic (exact) mass is 434 g/mol. The molecule has 6 nitrogen and oxygen atoms in total. The minimum absolute atomic E-state index is 0. The molecule has 0 aliphatic carbocycles. The molecule has 0 aromatic heterocycles. The third-order valence-electron chi connectivity index (χ3n) is 5.48. The molecule has 0 amide bonds. The Morgan fingerprint density at radius 2 is 1.30 bits per heavy atom. The summed E-state index contributed by atoms with van der Waals surface area (Å²) in [5.74, 6) is 1.19. The number of morpholine rings is 2. The number of aromatic hydroxyl groups is 1. The van der Waals surface area contributed by atoms with E-state index < -0.39 is 0 Å². The van der Waals surface area contributed by atoms with Crippen LogP contribution in [0.3, 0.4) is 0 Å². The van der Waals surface area contributed by atoms with E-state index in [1.54, 1.807) is 0 Å². The van der Waals surface area contributed by atoms with Crippen molar-refractivity contribution >= 4 is 12.4 Å². The van der Waals surface area contributed by atoms with Crippen LogP contribution in [0.15, 0.2) is 42.5 Å². The summed E-state index contributed by atoms with van der Waals surface area (Å²) in [6.07, 6.45) is 0. The van der Waals surface area contributed by atoms with Crippen molar-refractivity contribution in [2.24, 2.45) is 0 Å². The zero-order valence-electron chi connectivity index (χ0n) is 17.3. The first kappa shape index (κ1) is 22.8. The quantitative estimate of drug-likeness (QED) is 0.722. The Hall–Kier alpha value is -1.83. The number of benzene rings is 2. The van der Waals surface area contributed by atoms with Gasteiger partial charge >= 0.3 is 0 Å². The fourth-order valence-electron chi connectivity index (χ4n) is 3.79. The Bertz CT molecular complexity index is 737. The first-order chi connectivity index (χ1) is 14.3. The molecule has 2 aromatic rings. The molecule has 164 valence electrons. The van der Waals surface area contributed by atoms with Crippen molar-refractivity contribution < 1.29 is 19.3 Å². The molecule has 1 N–H and O–H groups in total. The maximum absolute atomic E-state index is 11.0. The highest BCUT2D eigenvalue weighted by atomic mass is 35.5. The maximum Gasteiger partial charge on any atom is 0.124 e. The molecule has 2 fully saturated rings. The van der Waals surface area contributed by atoms with E-state index in [0.717, 1.165) is 75.0 Å². The van der Waals surface area contributed by atoms with Crippen LogP contribution in [0.4, 0.5) is 0 Å². The van der Waals surface area contributed by atoms with Gasteiger partial charge in [0.15, 0.2) is 0 Å². The highest BCUT2D eigenvalue weighted by Crippen LogP contribution is 2.31. The van der Waals surface area contributed by atoms with Crippen molar-refractivity contribution in [3.8, 4) is 11.5 Å². The lowest BCUT2D eigenvalue weighted by molar-refractivity contribution is 0.0327. The molecule has 0 unspecified atom stereocenters. The normalized spacial score (nSPS) is 18.0. The molecular weight excluding hydrogens is 404 g/mol. The zero-order valence-corrected chi connectivity index (χ0v) is 18.1. The maximum atomic E-state index is 11.0. The van der Waals surface area contributed by atoms with Crippen LogP contribution in [0, 0.1) is 0 Å². The van der Waals surface area contributed by atoms with Crippen LogP contribution in [0.2, 0.25) is 0 Å². The van der Waals surface area contributed by atoms with Crippen LogP contribution in [0.5, 0.6) is 11.5 Å². The van der Waals surface area contributed by atoms with Gasteiger partial charge in [0.05, 0.1) is 26.4 Å². The summed E-state index contributed by atoms with van der Waals surface area (Å²) in [6, 6.07) is 14.1. The van der Waals surface area contributed by atoms with Gasteiger partial charge in [0.25, 0.3) is 0 Å². The molecule has 0 spiro atoms. The fraction of sp³-hybridized carbons (Fsp3) is 0.478. The Kier molecular flexibility index (Phi) is 8.78. The number of nitrogens with zero attached hydrogens (tertiary/aromatic N) is 2. The molecule has 2 aromatic carbocycles. The summed E-state index contributed by atoms with van der Waals surface area (Å²) in [6.45, 7) is 8.41. The molecule has 0 saturated carbocycles. The van der Waals surface area contributed by atoms with Gasteiger partial charge in [0.2, 0.25) is 0 Å². The second-order valence-corrected chi connectivity index (χ2v) is 7.64. The van der Waals surface area contributed by atoms with Crippen molar-refractivity contribution in [1.82, 2.24) is 9.80 Å². The topological polar surface area (TPSA) is 54.4 Å². The lowest BCUT2D eigenvalue weighted by atomic mass is 10.1. The molecule has 0 radical (unpaired) electrons. The van der Waals surface area contributed by atoms with E-state index in [2.05, 4.69) is 21.9 Å². The first-order valence-electron chi connectivity index (χ1n) is 10.4. The summed E-state index contributed by atoms with van der Waals surface area (Å²) in [5.41, 5.74) is 2.96. The van der Waals surface area contributed by atoms with Crippen LogP contribution < -0.4 is 4.74 Å². The molecule has 4 rings (SSSR count). The van der Waals surface area contributed by atoms with E-state index in [4.69, 9.17) is 14.2 Å². The van der Waals surface area contributed by atoms with Crippen molar-refractivity contribution in [3.05, 3.63) is 59.2 Å². The molecular formula is C23H31ClN2O4. The van der Waals surface area contributed by atoms with Gasteiger partial charge in [0.1, 0.15) is 18.1 Å². The number of ether oxygens (including phenoxy) is 3. The van der Waals surface area contributed by atoms with Gasteiger partial charge < -0.3 is 19.3 Å². The number of rotatable bonds is 7. The average Bonchev–Trinajstić information content (AvgIpc) is 2.77. The Labute approximate surface area is 184 Å². The second kappa shape index (κ2) is 11.5. The van der Waals surface area contributed by atoms with E-state index in [9.17, 15) is 5.11 Å². The van der Waals surface area contributed by atoms with E-state index in [1.165, 1.54) is 0 Å². The van der Waals surface area contributed by atoms with Gasteiger partial charge in [-0.3, -0.25) is 9.80 Å². The molecule has 2 saturated heterocycles. The van der Waals surface area contributed by atoms with Crippen LogP contribution in [0.1, 0.15) is 16.7 Å². The lowest BCUT2D eigenvalue weighted by Gasteiger charge is -2.29. The van der Waals surface area contributed by atoms with Crippen molar-refractivity contribution in [2.45, 2.75) is 19.7 Å². The van der Waals surface area contributed by atoms with E-state index in [1.807, 2.05) is 30.3 Å². The third kappa shape index (κ3) is 6.33. The van der Waals surface area contributed by atoms with Crippen LogP contribution in [-0.2, 0) is 29.2 Å². The Morgan fingerprint density at radius 1 is 0.800 bits per heavy atom. The molecule has 30 heavy (non-hydrogen) atoms. The molecule has 2 aliphatic heterocycles. The summed E-state index contributed by atoms with van der Waals surface area (Å²) in [4.78, 5) is 4.64. The molecule has 0 bridgehead atoms. The van der Waals surface area contributed by atoms with E-state index in [-0.39, 0.29) is 12.4 Å². The molecule has 2 aliphatic rings. The smallest absolute Gasteiger partial charge is 0.124 e. The summed E-state index contributed by atoms with van der Waals surface area (Å²) >= 11 is 0. The summed E-state index contributed by atoms with van der Waals surface area (Å²) in [7, 11) is 0. The van der Waals surface area contributed by atoms with Crippen molar-refractivity contribution in [1.29, 1.82) is 0 Å². The zero-order chi connectivity index (χ0) is 19.9. The van der Waals surface area contributed by atoms with E-state index >= 15 is 0 Å². The predicted octanol–water partition coefficient (Wildman–Crippen LogP) is 3.06. The Balaban J connectivity index is 0.00000256. The van der Waals surface area contributed by atoms with Crippen molar-refractivity contribution in [2.75, 3.05) is 52.6 Å². The van der Waals surface area contributed by atoms with Gasteiger partial charge in [-0.2, -0.15) is 0 Å². The Morgan fingerprint density at radius 3 is 1.80 bits per heavy atom. The van der Waals surface area contributed by atoms with Gasteiger partial charge in [0, 0.05) is 50.4 Å². The molecule has 7 heteroatoms. The fourth-order valence-corrected chi connectivity index (χ4v) is 3.79. The highest BCUT2D eigenvalue weighted by Gasteiger charge is 2.19. The number of phenolic OH excluding ortho intramolecular Hbond substituents is 1.